The molecule has 1 aliphatic rings. The first-order valence-corrected chi connectivity index (χ1v) is 14.1. The molecule has 0 spiro atoms. The number of hydrogen-bond donors (Lipinski definition) is 0. The zero-order chi connectivity index (χ0) is 25.4. The number of rotatable bonds is 1. The summed E-state index contributed by atoms with van der Waals surface area (Å²) in [5.74, 6) is 0. The van der Waals surface area contributed by atoms with Crippen molar-refractivity contribution in [1.29, 1.82) is 0 Å². The first kappa shape index (κ1) is 34.6. The van der Waals surface area contributed by atoms with Gasteiger partial charge in [-0.1, -0.05) is 138 Å². The van der Waals surface area contributed by atoms with E-state index in [4.69, 9.17) is 0 Å². The van der Waals surface area contributed by atoms with Crippen LogP contribution in [0.1, 0.15) is 94.2 Å². The summed E-state index contributed by atoms with van der Waals surface area (Å²) >= 11 is 0. The highest BCUT2D eigenvalue weighted by atomic mass is 32.2. The van der Waals surface area contributed by atoms with Crippen molar-refractivity contribution >= 4 is 10.9 Å². The van der Waals surface area contributed by atoms with Crippen LogP contribution in [0.15, 0.2) is 93.5 Å². The molecule has 0 N–H and O–H groups in total. The quantitative estimate of drug-likeness (QED) is 0.250. The fourth-order valence-corrected chi connectivity index (χ4v) is 5.24. The number of fused-ring (bicyclic) bond motifs is 2. The highest BCUT2D eigenvalue weighted by Gasteiger charge is 2.36. The fraction of sp³-hybridized carbons (Fsp3) is 0.419. The van der Waals surface area contributed by atoms with Crippen molar-refractivity contribution in [2.75, 3.05) is 0 Å². The minimum absolute atomic E-state index is 0.0421. The first-order valence-electron chi connectivity index (χ1n) is 12.9. The van der Waals surface area contributed by atoms with Crippen LogP contribution in [0.5, 0.6) is 0 Å². The average molecular weight is 456 g/mol. The third-order valence-corrected chi connectivity index (χ3v) is 6.16. The van der Waals surface area contributed by atoms with Gasteiger partial charge in [-0.15, -0.1) is 0 Å². The van der Waals surface area contributed by atoms with Crippen molar-refractivity contribution in [3.63, 3.8) is 0 Å². The lowest BCUT2D eigenvalue weighted by Crippen LogP contribution is -2.15. The number of benzene rings is 3. The maximum absolute atomic E-state index is 2.29. The van der Waals surface area contributed by atoms with Crippen molar-refractivity contribution < 1.29 is 0 Å². The average Bonchev–Trinajstić information content (AvgIpc) is 2.94. The maximum atomic E-state index is 2.29. The van der Waals surface area contributed by atoms with Crippen LogP contribution >= 0.6 is 0 Å². The van der Waals surface area contributed by atoms with Crippen molar-refractivity contribution in [2.24, 2.45) is 0 Å². The lowest BCUT2D eigenvalue weighted by atomic mass is 10.0. The molecule has 32 heavy (non-hydrogen) atoms. The van der Waals surface area contributed by atoms with Gasteiger partial charge >= 0.3 is 0 Å². The summed E-state index contributed by atoms with van der Waals surface area (Å²) in [6.45, 7) is 24.0. The summed E-state index contributed by atoms with van der Waals surface area (Å²) in [6.07, 6.45) is 1.06. The molecule has 0 aliphatic carbocycles. The monoisotopic (exact) mass is 455 g/mol. The van der Waals surface area contributed by atoms with Gasteiger partial charge < -0.3 is 0 Å². The van der Waals surface area contributed by atoms with Gasteiger partial charge in [-0.2, -0.15) is 0 Å². The molecular weight excluding hydrogens is 404 g/mol. The van der Waals surface area contributed by atoms with Crippen molar-refractivity contribution in [2.45, 2.75) is 104 Å². The maximum Gasteiger partial charge on any atom is 0.170 e. The summed E-state index contributed by atoms with van der Waals surface area (Å²) < 4.78 is 0. The normalized spacial score (nSPS) is 9.62. The Morgan fingerprint density at radius 3 is 1.09 bits per heavy atom. The van der Waals surface area contributed by atoms with Crippen LogP contribution in [-0.2, 0) is 17.3 Å². The Bertz CT molecular complexity index is 702. The molecule has 0 fully saturated rings. The van der Waals surface area contributed by atoms with Crippen LogP contribution in [0.2, 0.25) is 0 Å². The molecule has 0 saturated carbocycles. The van der Waals surface area contributed by atoms with E-state index in [9.17, 15) is 0 Å². The molecule has 1 heteroatoms. The Labute approximate surface area is 204 Å². The van der Waals surface area contributed by atoms with Crippen molar-refractivity contribution in [3.05, 3.63) is 90.0 Å². The summed E-state index contributed by atoms with van der Waals surface area (Å²) in [7, 11) is 0.0421. The van der Waals surface area contributed by atoms with Gasteiger partial charge in [0.05, 0.1) is 10.9 Å². The molecule has 0 aromatic heterocycles. The molecule has 3 aromatic rings. The second-order valence-electron chi connectivity index (χ2n) is 5.01. The van der Waals surface area contributed by atoms with E-state index in [0.717, 1.165) is 6.42 Å². The molecule has 1 aliphatic heterocycles. The van der Waals surface area contributed by atoms with E-state index >= 15 is 0 Å². The minimum Gasteiger partial charge on any atom is -0.0683 e. The zero-order valence-electron chi connectivity index (χ0n) is 23.1. The van der Waals surface area contributed by atoms with E-state index in [0.29, 0.717) is 0 Å². The van der Waals surface area contributed by atoms with E-state index < -0.39 is 0 Å². The molecule has 0 saturated heterocycles. The van der Waals surface area contributed by atoms with Gasteiger partial charge in [-0.25, -0.2) is 0 Å². The highest BCUT2D eigenvalue weighted by molar-refractivity contribution is 7.97. The SMILES string of the molecule is CC.CC.CC.CC.CC.CC.c1ccc([S+]2c3ccccc3Cc3ccccc32)cc1. The zero-order valence-corrected chi connectivity index (χ0v) is 23.9. The minimum atomic E-state index is 0.0421. The Balaban J connectivity index is -0.000000614. The van der Waals surface area contributed by atoms with E-state index in [-0.39, 0.29) is 10.9 Å². The molecule has 0 atom stereocenters. The van der Waals surface area contributed by atoms with Crippen LogP contribution < -0.4 is 0 Å². The molecule has 4 rings (SSSR count). The first-order chi connectivity index (χ1) is 15.9. The summed E-state index contributed by atoms with van der Waals surface area (Å²) in [4.78, 5) is 4.38. The van der Waals surface area contributed by atoms with E-state index in [1.165, 1.54) is 25.8 Å². The van der Waals surface area contributed by atoms with Crippen molar-refractivity contribution in [1.82, 2.24) is 0 Å². The molecule has 0 unspecified atom stereocenters. The number of hydrogen-bond acceptors (Lipinski definition) is 0. The van der Waals surface area contributed by atoms with Crippen LogP contribution in [0.3, 0.4) is 0 Å². The summed E-state index contributed by atoms with van der Waals surface area (Å²) in [6, 6.07) is 28.6. The standard InChI is InChI=1S/C19H15S.6C2H6/c1-2-10-17(11-3-1)20-18-12-6-4-8-15(18)14-16-9-5-7-13-19(16)20;6*1-2/h1-13H,14H2;6*1-2H3/q+1;;;;;;. The van der Waals surface area contributed by atoms with E-state index in [1.54, 1.807) is 0 Å². The van der Waals surface area contributed by atoms with Crippen molar-refractivity contribution in [3.8, 4) is 0 Å². The summed E-state index contributed by atoms with van der Waals surface area (Å²) in [5, 5.41) is 0. The lowest BCUT2D eigenvalue weighted by molar-refractivity contribution is 1.04. The Morgan fingerprint density at radius 1 is 0.406 bits per heavy atom. The Kier molecular flexibility index (Phi) is 27.3. The van der Waals surface area contributed by atoms with Gasteiger partial charge in [-0.3, -0.25) is 0 Å². The van der Waals surface area contributed by atoms with Gasteiger partial charge in [0.1, 0.15) is 0 Å². The predicted molar refractivity (Wildman–Crippen MR) is 152 cm³/mol. The summed E-state index contributed by atoms with van der Waals surface area (Å²) in [5.41, 5.74) is 2.94. The molecule has 1 heterocycles. The third kappa shape index (κ3) is 10.6. The lowest BCUT2D eigenvalue weighted by Gasteiger charge is -2.19. The molecule has 0 bridgehead atoms. The molecule has 0 amide bonds. The van der Waals surface area contributed by atoms with Gasteiger partial charge in [0.2, 0.25) is 0 Å². The topological polar surface area (TPSA) is 0 Å². The predicted octanol–water partition coefficient (Wildman–Crippen LogP) is 10.8. The van der Waals surface area contributed by atoms with Gasteiger partial charge in [0, 0.05) is 17.5 Å². The fourth-order valence-electron chi connectivity index (χ4n) is 2.83. The second-order valence-corrected chi connectivity index (χ2v) is 6.97. The van der Waals surface area contributed by atoms with E-state index in [2.05, 4.69) is 78.9 Å². The van der Waals surface area contributed by atoms with Gasteiger partial charge in [0.25, 0.3) is 0 Å². The Morgan fingerprint density at radius 2 is 0.719 bits per heavy atom. The van der Waals surface area contributed by atoms with E-state index in [1.807, 2.05) is 83.1 Å². The van der Waals surface area contributed by atoms with Gasteiger partial charge in [0.15, 0.2) is 14.7 Å². The van der Waals surface area contributed by atoms with Crippen LogP contribution in [0.25, 0.3) is 0 Å². The second kappa shape index (κ2) is 25.3. The third-order valence-electron chi connectivity index (χ3n) is 3.74. The van der Waals surface area contributed by atoms with Crippen LogP contribution in [0, 0.1) is 0 Å². The molecule has 3 aromatic carbocycles. The molecular formula is C31H51S+. The molecule has 180 valence electrons. The molecule has 0 radical (unpaired) electrons. The Hall–Kier alpha value is -1.99. The smallest absolute Gasteiger partial charge is 0.0683 e. The van der Waals surface area contributed by atoms with Crippen LogP contribution in [0.4, 0.5) is 0 Å². The molecule has 0 nitrogen and oxygen atoms in total. The van der Waals surface area contributed by atoms with Crippen LogP contribution in [-0.4, -0.2) is 0 Å². The highest BCUT2D eigenvalue weighted by Crippen LogP contribution is 2.39. The largest absolute Gasteiger partial charge is 0.170 e. The van der Waals surface area contributed by atoms with Gasteiger partial charge in [-0.05, 0) is 24.3 Å².